The number of ether oxygens (including phenoxy) is 2. The Kier molecular flexibility index (Phi) is 6.52. The van der Waals surface area contributed by atoms with Gasteiger partial charge in [-0.15, -0.1) is 0 Å². The molecule has 0 saturated carbocycles. The molecule has 33 heavy (non-hydrogen) atoms. The van der Waals surface area contributed by atoms with E-state index in [9.17, 15) is 26.4 Å². The number of hydrogen-bond donors (Lipinski definition) is 1. The van der Waals surface area contributed by atoms with Gasteiger partial charge in [0.25, 0.3) is 15.9 Å². The van der Waals surface area contributed by atoms with Crippen LogP contribution in [0.3, 0.4) is 0 Å². The number of nitrogens with one attached hydrogen (secondary N) is 1. The van der Waals surface area contributed by atoms with E-state index in [2.05, 4.69) is 4.72 Å². The number of carbonyl (C=O) groups excluding carboxylic acids is 2. The quantitative estimate of drug-likeness (QED) is 0.540. The van der Waals surface area contributed by atoms with Gasteiger partial charge in [-0.3, -0.25) is 4.79 Å². The van der Waals surface area contributed by atoms with Gasteiger partial charge in [-0.1, -0.05) is 18.2 Å². The molecule has 0 aliphatic carbocycles. The number of esters is 1. The molecule has 0 radical (unpaired) electrons. The van der Waals surface area contributed by atoms with Crippen molar-refractivity contribution in [2.45, 2.75) is 28.7 Å². The summed E-state index contributed by atoms with van der Waals surface area (Å²) in [6.07, 6.45) is 1.47. The van der Waals surface area contributed by atoms with E-state index in [4.69, 9.17) is 9.47 Å². The van der Waals surface area contributed by atoms with Crippen LogP contribution in [0.15, 0.2) is 58.3 Å². The molecule has 2 heterocycles. The van der Waals surface area contributed by atoms with E-state index < -0.39 is 31.9 Å². The molecule has 1 atom stereocenters. The highest BCUT2D eigenvalue weighted by atomic mass is 32.2. The van der Waals surface area contributed by atoms with Crippen molar-refractivity contribution in [2.75, 3.05) is 26.3 Å². The summed E-state index contributed by atoms with van der Waals surface area (Å²) in [6.45, 7) is -0.00354. The molecule has 4 rings (SSSR count). The molecule has 1 amide bonds. The van der Waals surface area contributed by atoms with Crippen LogP contribution in [-0.4, -0.2) is 65.4 Å². The molecule has 2 aromatic rings. The van der Waals surface area contributed by atoms with Crippen molar-refractivity contribution in [2.24, 2.45) is 0 Å². The third-order valence-electron chi connectivity index (χ3n) is 5.34. The van der Waals surface area contributed by atoms with E-state index in [1.807, 2.05) is 0 Å². The Morgan fingerprint density at radius 2 is 1.97 bits per heavy atom. The minimum absolute atomic E-state index is 0.0196. The molecular formula is C21H22N2O8S2. The van der Waals surface area contributed by atoms with Crippen LogP contribution in [0.1, 0.15) is 33.6 Å². The van der Waals surface area contributed by atoms with Crippen LogP contribution in [-0.2, 0) is 29.5 Å². The second kappa shape index (κ2) is 9.21. The first kappa shape index (κ1) is 23.4. The monoisotopic (exact) mass is 494 g/mol. The minimum atomic E-state index is -4.00. The molecule has 1 N–H and O–H groups in total. The largest absolute Gasteiger partial charge is 0.460 e. The summed E-state index contributed by atoms with van der Waals surface area (Å²) >= 11 is 0. The van der Waals surface area contributed by atoms with Gasteiger partial charge >= 0.3 is 5.97 Å². The predicted molar refractivity (Wildman–Crippen MR) is 116 cm³/mol. The third-order valence-corrected chi connectivity index (χ3v) is 8.61. The van der Waals surface area contributed by atoms with Gasteiger partial charge in [0.1, 0.15) is 11.5 Å². The zero-order chi connectivity index (χ0) is 23.6. The zero-order valence-corrected chi connectivity index (χ0v) is 19.1. The van der Waals surface area contributed by atoms with E-state index >= 15 is 0 Å². The van der Waals surface area contributed by atoms with Gasteiger partial charge in [0, 0.05) is 13.2 Å². The highest BCUT2D eigenvalue weighted by Gasteiger charge is 2.40. The molecule has 1 saturated heterocycles. The molecule has 1 unspecified atom stereocenters. The number of fused-ring (bicyclic) bond motifs is 1. The fourth-order valence-corrected chi connectivity index (χ4v) is 6.30. The molecule has 176 valence electrons. The van der Waals surface area contributed by atoms with E-state index in [-0.39, 0.29) is 46.7 Å². The molecule has 0 aromatic heterocycles. The molecule has 0 spiro atoms. The summed E-state index contributed by atoms with van der Waals surface area (Å²) in [7, 11) is -7.86. The molecule has 2 aliphatic heterocycles. The summed E-state index contributed by atoms with van der Waals surface area (Å²) in [4.78, 5) is 24.6. The summed E-state index contributed by atoms with van der Waals surface area (Å²) in [6, 6.07) is 11.1. The second-order valence-corrected chi connectivity index (χ2v) is 11.1. The van der Waals surface area contributed by atoms with Gasteiger partial charge in [0.05, 0.1) is 28.7 Å². The highest BCUT2D eigenvalue weighted by molar-refractivity contribution is 7.90. The van der Waals surface area contributed by atoms with E-state index in [0.717, 1.165) is 12.8 Å². The molecule has 2 aliphatic rings. The van der Waals surface area contributed by atoms with Crippen LogP contribution in [0.4, 0.5) is 0 Å². The van der Waals surface area contributed by atoms with Gasteiger partial charge in [-0.25, -0.2) is 30.7 Å². The van der Waals surface area contributed by atoms with Gasteiger partial charge in [0.15, 0.2) is 0 Å². The third kappa shape index (κ3) is 4.78. The van der Waals surface area contributed by atoms with Gasteiger partial charge in [-0.05, 0) is 43.2 Å². The molecular weight excluding hydrogens is 472 g/mol. The van der Waals surface area contributed by atoms with E-state index in [1.54, 1.807) is 6.07 Å². The van der Waals surface area contributed by atoms with E-state index in [1.165, 1.54) is 42.5 Å². The molecule has 1 fully saturated rings. The lowest BCUT2D eigenvalue weighted by atomic mass is 10.2. The number of rotatable bonds is 8. The summed E-state index contributed by atoms with van der Waals surface area (Å²) in [5, 5.41) is 0. The Labute approximate surface area is 191 Å². The Balaban J connectivity index is 1.37. The standard InChI is InChI=1S/C21H22N2O8S2/c24-20-18-8-1-2-9-19(18)33(28,29)23(20)10-12-31-21(25)15-5-3-7-17(13-15)32(26,27)22-14-16-6-4-11-30-16/h1-3,5,7-9,13,16,22H,4,6,10-12,14H2. The molecule has 10 nitrogen and oxygen atoms in total. The maximum Gasteiger partial charge on any atom is 0.338 e. The number of benzene rings is 2. The maximum atomic E-state index is 12.5. The number of carbonyl (C=O) groups is 2. The van der Waals surface area contributed by atoms with Crippen LogP contribution in [0, 0.1) is 0 Å². The topological polar surface area (TPSA) is 136 Å². The predicted octanol–water partition coefficient (Wildman–Crippen LogP) is 1.15. The van der Waals surface area contributed by atoms with Crippen LogP contribution in [0.25, 0.3) is 0 Å². The van der Waals surface area contributed by atoms with Crippen LogP contribution in [0.5, 0.6) is 0 Å². The zero-order valence-electron chi connectivity index (χ0n) is 17.5. The van der Waals surface area contributed by atoms with Gasteiger partial charge < -0.3 is 9.47 Å². The maximum absolute atomic E-state index is 12.5. The first-order valence-electron chi connectivity index (χ1n) is 10.2. The Morgan fingerprint density at radius 3 is 2.70 bits per heavy atom. The Morgan fingerprint density at radius 1 is 1.18 bits per heavy atom. The van der Waals surface area contributed by atoms with Crippen LogP contribution >= 0.6 is 0 Å². The van der Waals surface area contributed by atoms with Crippen molar-refractivity contribution in [1.29, 1.82) is 0 Å². The lowest BCUT2D eigenvalue weighted by Crippen LogP contribution is -2.33. The first-order chi connectivity index (χ1) is 15.7. The van der Waals surface area contributed by atoms with Crippen molar-refractivity contribution >= 4 is 31.9 Å². The first-order valence-corrected chi connectivity index (χ1v) is 13.2. The fraction of sp³-hybridized carbons (Fsp3) is 0.333. The second-order valence-electron chi connectivity index (χ2n) is 7.53. The summed E-state index contributed by atoms with van der Waals surface area (Å²) in [5.74, 6) is -1.53. The van der Waals surface area contributed by atoms with Crippen molar-refractivity contribution in [3.05, 3.63) is 59.7 Å². The van der Waals surface area contributed by atoms with Gasteiger partial charge in [0.2, 0.25) is 10.0 Å². The normalized spacial score (nSPS) is 19.5. The van der Waals surface area contributed by atoms with Crippen molar-refractivity contribution in [3.8, 4) is 0 Å². The van der Waals surface area contributed by atoms with Crippen molar-refractivity contribution < 1.29 is 35.9 Å². The van der Waals surface area contributed by atoms with E-state index in [0.29, 0.717) is 10.9 Å². The average Bonchev–Trinajstić information content (AvgIpc) is 3.39. The number of sulfonamides is 2. The number of hydrogen-bond acceptors (Lipinski definition) is 8. The van der Waals surface area contributed by atoms with Crippen molar-refractivity contribution in [3.63, 3.8) is 0 Å². The van der Waals surface area contributed by atoms with Crippen LogP contribution in [0.2, 0.25) is 0 Å². The lowest BCUT2D eigenvalue weighted by molar-refractivity contribution is 0.0477. The van der Waals surface area contributed by atoms with Crippen LogP contribution < -0.4 is 4.72 Å². The summed E-state index contributed by atoms with van der Waals surface area (Å²) in [5.41, 5.74) is 0.0473. The smallest absolute Gasteiger partial charge is 0.338 e. The number of nitrogens with zero attached hydrogens (tertiary/aromatic N) is 1. The number of amides is 1. The Hall–Kier alpha value is -2.80. The van der Waals surface area contributed by atoms with Gasteiger partial charge in [-0.2, -0.15) is 0 Å². The fourth-order valence-electron chi connectivity index (χ4n) is 3.64. The lowest BCUT2D eigenvalue weighted by Gasteiger charge is -2.15. The van der Waals surface area contributed by atoms with Crippen molar-refractivity contribution in [1.82, 2.24) is 9.03 Å². The molecule has 0 bridgehead atoms. The molecule has 12 heteroatoms. The summed E-state index contributed by atoms with van der Waals surface area (Å²) < 4.78 is 63.8. The minimum Gasteiger partial charge on any atom is -0.460 e. The SMILES string of the molecule is O=C(OCCN1C(=O)c2ccccc2S1(=O)=O)c1cccc(S(=O)(=O)NCC2CCCO2)c1. The Bertz CT molecular complexity index is 1280. The highest BCUT2D eigenvalue weighted by Crippen LogP contribution is 2.29. The average molecular weight is 495 g/mol. The molecule has 2 aromatic carbocycles.